The van der Waals surface area contributed by atoms with Crippen LogP contribution in [0.5, 0.6) is 0 Å². The van der Waals surface area contributed by atoms with E-state index in [-0.39, 0.29) is 0 Å². The molecule has 2 aliphatic carbocycles. The SMILES string of the molecule is CC1=CCC(/C=C\CN(C)C(=O)C2CC2)C(C)C1. The minimum absolute atomic E-state index is 0.326. The third-order valence-corrected chi connectivity index (χ3v) is 4.18. The van der Waals surface area contributed by atoms with Gasteiger partial charge in [0.2, 0.25) is 5.91 Å². The van der Waals surface area contributed by atoms with Crippen molar-refractivity contribution < 1.29 is 4.79 Å². The van der Waals surface area contributed by atoms with Crippen LogP contribution < -0.4 is 0 Å². The van der Waals surface area contributed by atoms with Gasteiger partial charge in [0.1, 0.15) is 0 Å². The Morgan fingerprint density at radius 2 is 2.22 bits per heavy atom. The minimum atomic E-state index is 0.326. The van der Waals surface area contributed by atoms with Crippen LogP contribution in [0.3, 0.4) is 0 Å². The maximum Gasteiger partial charge on any atom is 0.225 e. The number of carbonyl (C=O) groups is 1. The summed E-state index contributed by atoms with van der Waals surface area (Å²) in [5, 5.41) is 0. The van der Waals surface area contributed by atoms with Crippen molar-refractivity contribution in [2.75, 3.05) is 13.6 Å². The topological polar surface area (TPSA) is 20.3 Å². The number of nitrogens with zero attached hydrogens (tertiary/aromatic N) is 1. The van der Waals surface area contributed by atoms with Gasteiger partial charge >= 0.3 is 0 Å². The van der Waals surface area contributed by atoms with Crippen molar-refractivity contribution in [2.45, 2.75) is 39.5 Å². The molecule has 0 spiro atoms. The van der Waals surface area contributed by atoms with Gasteiger partial charge < -0.3 is 4.90 Å². The molecule has 0 radical (unpaired) electrons. The van der Waals surface area contributed by atoms with E-state index in [1.165, 1.54) is 12.0 Å². The molecule has 1 amide bonds. The smallest absolute Gasteiger partial charge is 0.225 e. The highest BCUT2D eigenvalue weighted by molar-refractivity contribution is 5.80. The summed E-state index contributed by atoms with van der Waals surface area (Å²) in [6.45, 7) is 5.31. The van der Waals surface area contributed by atoms with Crippen LogP contribution in [-0.2, 0) is 4.79 Å². The summed E-state index contributed by atoms with van der Waals surface area (Å²) in [5.41, 5.74) is 1.52. The van der Waals surface area contributed by atoms with Gasteiger partial charge in [0.25, 0.3) is 0 Å². The van der Waals surface area contributed by atoms with Crippen LogP contribution in [0.25, 0.3) is 0 Å². The lowest BCUT2D eigenvalue weighted by molar-refractivity contribution is -0.130. The fraction of sp³-hybridized carbons (Fsp3) is 0.688. The zero-order chi connectivity index (χ0) is 13.1. The van der Waals surface area contributed by atoms with Crippen molar-refractivity contribution in [2.24, 2.45) is 17.8 Å². The second-order valence-corrected chi connectivity index (χ2v) is 6.05. The maximum absolute atomic E-state index is 11.8. The van der Waals surface area contributed by atoms with Crippen LogP contribution >= 0.6 is 0 Å². The standard InChI is InChI=1S/C16H25NO/c1-12-6-7-14(13(2)11-12)5-4-10-17(3)16(18)15-8-9-15/h4-6,13-15H,7-11H2,1-3H3/b5-4-. The van der Waals surface area contributed by atoms with Crippen LogP contribution in [-0.4, -0.2) is 24.4 Å². The Hall–Kier alpha value is -1.05. The van der Waals surface area contributed by atoms with Crippen molar-refractivity contribution >= 4 is 5.91 Å². The number of allylic oxidation sites excluding steroid dienone is 3. The number of carbonyl (C=O) groups excluding carboxylic acids is 1. The summed E-state index contributed by atoms with van der Waals surface area (Å²) in [6.07, 6.45) is 11.4. The number of likely N-dealkylation sites (N-methyl/N-ethyl adjacent to an activating group) is 1. The van der Waals surface area contributed by atoms with Crippen LogP contribution in [0, 0.1) is 17.8 Å². The highest BCUT2D eigenvalue weighted by Gasteiger charge is 2.31. The molecule has 2 heteroatoms. The Bertz CT molecular complexity index is 365. The minimum Gasteiger partial charge on any atom is -0.342 e. The van der Waals surface area contributed by atoms with E-state index in [0.717, 1.165) is 31.7 Å². The van der Waals surface area contributed by atoms with Gasteiger partial charge in [-0.05, 0) is 44.4 Å². The molecule has 0 aromatic carbocycles. The highest BCUT2D eigenvalue weighted by Crippen LogP contribution is 2.31. The molecule has 0 aliphatic heterocycles. The maximum atomic E-state index is 11.8. The molecular formula is C16H25NO. The van der Waals surface area contributed by atoms with Crippen molar-refractivity contribution in [3.05, 3.63) is 23.8 Å². The van der Waals surface area contributed by atoms with Gasteiger partial charge in [-0.25, -0.2) is 0 Å². The van der Waals surface area contributed by atoms with Gasteiger partial charge in [0.15, 0.2) is 0 Å². The van der Waals surface area contributed by atoms with Crippen molar-refractivity contribution in [1.29, 1.82) is 0 Å². The highest BCUT2D eigenvalue weighted by atomic mass is 16.2. The zero-order valence-corrected chi connectivity index (χ0v) is 11.9. The Labute approximate surface area is 111 Å². The summed E-state index contributed by atoms with van der Waals surface area (Å²) >= 11 is 0. The molecule has 0 heterocycles. The van der Waals surface area contributed by atoms with Crippen LogP contribution in [0.4, 0.5) is 0 Å². The van der Waals surface area contributed by atoms with E-state index in [0.29, 0.717) is 17.7 Å². The molecule has 2 aliphatic rings. The molecule has 2 atom stereocenters. The van der Waals surface area contributed by atoms with Crippen molar-refractivity contribution in [1.82, 2.24) is 4.90 Å². The molecule has 1 fully saturated rings. The summed E-state index contributed by atoms with van der Waals surface area (Å²) in [5.74, 6) is 2.04. The molecular weight excluding hydrogens is 222 g/mol. The fourth-order valence-corrected chi connectivity index (χ4v) is 2.71. The zero-order valence-electron chi connectivity index (χ0n) is 11.9. The van der Waals surface area contributed by atoms with E-state index in [9.17, 15) is 4.79 Å². The van der Waals surface area contributed by atoms with Crippen LogP contribution in [0.2, 0.25) is 0 Å². The Morgan fingerprint density at radius 1 is 1.50 bits per heavy atom. The number of rotatable bonds is 4. The van der Waals surface area contributed by atoms with Gasteiger partial charge in [-0.1, -0.05) is 30.7 Å². The number of hydrogen-bond acceptors (Lipinski definition) is 1. The molecule has 2 unspecified atom stereocenters. The third-order valence-electron chi connectivity index (χ3n) is 4.18. The lowest BCUT2D eigenvalue weighted by Gasteiger charge is -2.25. The predicted octanol–water partition coefficient (Wildman–Crippen LogP) is 3.40. The molecule has 2 rings (SSSR count). The van der Waals surface area contributed by atoms with E-state index < -0.39 is 0 Å². The second kappa shape index (κ2) is 5.73. The number of amides is 1. The first kappa shape index (κ1) is 13.4. The van der Waals surface area contributed by atoms with Gasteiger partial charge in [0.05, 0.1) is 0 Å². The number of hydrogen-bond donors (Lipinski definition) is 0. The van der Waals surface area contributed by atoms with E-state index in [4.69, 9.17) is 0 Å². The van der Waals surface area contributed by atoms with E-state index in [2.05, 4.69) is 32.1 Å². The molecule has 0 saturated heterocycles. The molecule has 0 bridgehead atoms. The van der Waals surface area contributed by atoms with Crippen LogP contribution in [0.1, 0.15) is 39.5 Å². The molecule has 1 saturated carbocycles. The first-order chi connectivity index (χ1) is 8.58. The molecule has 0 N–H and O–H groups in total. The van der Waals surface area contributed by atoms with Gasteiger partial charge in [0, 0.05) is 19.5 Å². The molecule has 18 heavy (non-hydrogen) atoms. The van der Waals surface area contributed by atoms with Gasteiger partial charge in [-0.15, -0.1) is 0 Å². The lowest BCUT2D eigenvalue weighted by Crippen LogP contribution is -2.28. The van der Waals surface area contributed by atoms with E-state index in [1.54, 1.807) is 0 Å². The van der Waals surface area contributed by atoms with Gasteiger partial charge in [-0.3, -0.25) is 4.79 Å². The Morgan fingerprint density at radius 3 is 2.83 bits per heavy atom. The third kappa shape index (κ3) is 3.47. The molecule has 0 aromatic rings. The van der Waals surface area contributed by atoms with E-state index in [1.807, 2.05) is 11.9 Å². The normalized spacial score (nSPS) is 28.3. The largest absolute Gasteiger partial charge is 0.342 e. The first-order valence-electron chi connectivity index (χ1n) is 7.15. The second-order valence-electron chi connectivity index (χ2n) is 6.05. The van der Waals surface area contributed by atoms with Gasteiger partial charge in [-0.2, -0.15) is 0 Å². The fourth-order valence-electron chi connectivity index (χ4n) is 2.71. The monoisotopic (exact) mass is 247 g/mol. The first-order valence-corrected chi connectivity index (χ1v) is 7.15. The quantitative estimate of drug-likeness (QED) is 0.697. The van der Waals surface area contributed by atoms with E-state index >= 15 is 0 Å². The summed E-state index contributed by atoms with van der Waals surface area (Å²) in [4.78, 5) is 13.6. The molecule has 2 nitrogen and oxygen atoms in total. The molecule has 100 valence electrons. The molecule has 0 aromatic heterocycles. The average molecular weight is 247 g/mol. The van der Waals surface area contributed by atoms with Crippen LogP contribution in [0.15, 0.2) is 23.8 Å². The lowest BCUT2D eigenvalue weighted by atomic mass is 9.81. The predicted molar refractivity (Wildman–Crippen MR) is 75.1 cm³/mol. The Kier molecular flexibility index (Phi) is 4.26. The Balaban J connectivity index is 1.78. The van der Waals surface area contributed by atoms with Crippen molar-refractivity contribution in [3.63, 3.8) is 0 Å². The summed E-state index contributed by atoms with van der Waals surface area (Å²) in [6, 6.07) is 0. The summed E-state index contributed by atoms with van der Waals surface area (Å²) < 4.78 is 0. The van der Waals surface area contributed by atoms with Crippen molar-refractivity contribution in [3.8, 4) is 0 Å². The summed E-state index contributed by atoms with van der Waals surface area (Å²) in [7, 11) is 1.92. The average Bonchev–Trinajstić information content (AvgIpc) is 3.15.